The first-order valence-electron chi connectivity index (χ1n) is 4.93. The molecule has 6 heteroatoms. The van der Waals surface area contributed by atoms with Crippen LogP contribution in [0.2, 0.25) is 0 Å². The molecule has 2 amide bonds. The van der Waals surface area contributed by atoms with E-state index in [4.69, 9.17) is 9.47 Å². The number of hydrazine groups is 1. The third-order valence-electron chi connectivity index (χ3n) is 1.67. The summed E-state index contributed by atoms with van der Waals surface area (Å²) in [5.74, 6) is 0. The molecule has 0 bridgehead atoms. The normalized spacial score (nSPS) is 9.33. The Balaban J connectivity index is 4.38. The van der Waals surface area contributed by atoms with Crippen LogP contribution in [0.4, 0.5) is 9.59 Å². The minimum Gasteiger partial charge on any atom is -0.448 e. The van der Waals surface area contributed by atoms with Crippen molar-refractivity contribution in [2.45, 2.75) is 20.8 Å². The molecule has 0 saturated heterocycles. The molecule has 0 N–H and O–H groups in total. The first-order valence-corrected chi connectivity index (χ1v) is 4.93. The van der Waals surface area contributed by atoms with Gasteiger partial charge in [0.15, 0.2) is 0 Å². The number of hydrogen-bond acceptors (Lipinski definition) is 4. The molecule has 0 aliphatic rings. The minimum absolute atomic E-state index is 0.267. The van der Waals surface area contributed by atoms with E-state index < -0.39 is 12.2 Å². The van der Waals surface area contributed by atoms with Crippen molar-refractivity contribution in [2.75, 3.05) is 26.8 Å². The SMILES string of the molecule is CCOC(=O)N(C)N(CC)C(=O)OCC. The summed E-state index contributed by atoms with van der Waals surface area (Å²) in [6.07, 6.45) is -1.14. The van der Waals surface area contributed by atoms with Gasteiger partial charge in [0.1, 0.15) is 0 Å². The molecule has 0 aromatic heterocycles. The maximum Gasteiger partial charge on any atom is 0.428 e. The van der Waals surface area contributed by atoms with Crippen LogP contribution in [0.3, 0.4) is 0 Å². The fourth-order valence-electron chi connectivity index (χ4n) is 0.977. The van der Waals surface area contributed by atoms with Gasteiger partial charge in [-0.1, -0.05) is 0 Å². The number of nitrogens with zero attached hydrogens (tertiary/aromatic N) is 2. The van der Waals surface area contributed by atoms with Crippen molar-refractivity contribution in [1.82, 2.24) is 10.0 Å². The monoisotopic (exact) mass is 218 g/mol. The van der Waals surface area contributed by atoms with E-state index in [0.29, 0.717) is 6.54 Å². The summed E-state index contributed by atoms with van der Waals surface area (Å²) in [4.78, 5) is 22.7. The van der Waals surface area contributed by atoms with Gasteiger partial charge in [-0.05, 0) is 20.8 Å². The largest absolute Gasteiger partial charge is 0.448 e. The van der Waals surface area contributed by atoms with Crippen molar-refractivity contribution < 1.29 is 19.1 Å². The lowest BCUT2D eigenvalue weighted by Gasteiger charge is -2.28. The predicted octanol–water partition coefficient (Wildman–Crippen LogP) is 1.47. The summed E-state index contributed by atoms with van der Waals surface area (Å²) in [5, 5.41) is 2.27. The first-order chi connectivity index (χ1) is 7.08. The Kier molecular flexibility index (Phi) is 6.24. The van der Waals surface area contributed by atoms with Crippen molar-refractivity contribution in [1.29, 1.82) is 0 Å². The molecule has 0 unspecified atom stereocenters. The van der Waals surface area contributed by atoms with E-state index in [9.17, 15) is 9.59 Å². The highest BCUT2D eigenvalue weighted by Crippen LogP contribution is 2.01. The van der Waals surface area contributed by atoms with Gasteiger partial charge in [0, 0.05) is 13.6 Å². The van der Waals surface area contributed by atoms with Gasteiger partial charge in [-0.15, -0.1) is 0 Å². The summed E-state index contributed by atoms with van der Waals surface area (Å²) in [7, 11) is 1.46. The van der Waals surface area contributed by atoms with Crippen LogP contribution in [-0.2, 0) is 9.47 Å². The Hall–Kier alpha value is -1.46. The van der Waals surface area contributed by atoms with Crippen molar-refractivity contribution in [3.63, 3.8) is 0 Å². The highest BCUT2D eigenvalue weighted by atomic mass is 16.6. The van der Waals surface area contributed by atoms with Gasteiger partial charge in [-0.3, -0.25) is 0 Å². The number of hydrogen-bond donors (Lipinski definition) is 0. The second-order valence-corrected chi connectivity index (χ2v) is 2.64. The van der Waals surface area contributed by atoms with Crippen LogP contribution in [0.1, 0.15) is 20.8 Å². The Bertz CT molecular complexity index is 220. The molecule has 0 atom stereocenters. The van der Waals surface area contributed by atoms with E-state index in [1.807, 2.05) is 0 Å². The van der Waals surface area contributed by atoms with Gasteiger partial charge in [-0.25, -0.2) is 19.6 Å². The molecule has 0 aromatic carbocycles. The smallest absolute Gasteiger partial charge is 0.428 e. The maximum atomic E-state index is 11.4. The summed E-state index contributed by atoms with van der Waals surface area (Å²) in [5.41, 5.74) is 0. The molecule has 0 spiro atoms. The van der Waals surface area contributed by atoms with E-state index in [1.165, 1.54) is 12.1 Å². The van der Waals surface area contributed by atoms with Crippen LogP contribution in [-0.4, -0.2) is 49.0 Å². The van der Waals surface area contributed by atoms with Crippen LogP contribution in [0.15, 0.2) is 0 Å². The molecule has 88 valence electrons. The fourth-order valence-corrected chi connectivity index (χ4v) is 0.977. The summed E-state index contributed by atoms with van der Waals surface area (Å²) >= 11 is 0. The Labute approximate surface area is 89.7 Å². The van der Waals surface area contributed by atoms with E-state index in [-0.39, 0.29) is 13.2 Å². The minimum atomic E-state index is -0.576. The molecule has 0 fully saturated rings. The van der Waals surface area contributed by atoms with Crippen molar-refractivity contribution in [3.8, 4) is 0 Å². The van der Waals surface area contributed by atoms with Crippen molar-refractivity contribution in [2.24, 2.45) is 0 Å². The van der Waals surface area contributed by atoms with Crippen LogP contribution in [0.25, 0.3) is 0 Å². The maximum absolute atomic E-state index is 11.4. The molecule has 0 aromatic rings. The molecule has 0 heterocycles. The standard InChI is InChI=1S/C9H18N2O4/c1-5-11(9(13)15-7-3)10(4)8(12)14-6-2/h5-7H2,1-4H3. The van der Waals surface area contributed by atoms with Gasteiger partial charge in [-0.2, -0.15) is 0 Å². The average molecular weight is 218 g/mol. The number of rotatable bonds is 3. The lowest BCUT2D eigenvalue weighted by atomic mass is 10.7. The summed E-state index contributed by atoms with van der Waals surface area (Å²) < 4.78 is 9.53. The zero-order valence-corrected chi connectivity index (χ0v) is 9.65. The van der Waals surface area contributed by atoms with Crippen LogP contribution >= 0.6 is 0 Å². The van der Waals surface area contributed by atoms with Gasteiger partial charge in [0.25, 0.3) is 0 Å². The quantitative estimate of drug-likeness (QED) is 0.673. The molecular formula is C9H18N2O4. The van der Waals surface area contributed by atoms with Gasteiger partial charge in [0.2, 0.25) is 0 Å². The molecule has 0 radical (unpaired) electrons. The van der Waals surface area contributed by atoms with Gasteiger partial charge >= 0.3 is 12.2 Å². The molecule has 6 nitrogen and oxygen atoms in total. The van der Waals surface area contributed by atoms with E-state index in [0.717, 1.165) is 5.01 Å². The van der Waals surface area contributed by atoms with Crippen LogP contribution in [0, 0.1) is 0 Å². The van der Waals surface area contributed by atoms with E-state index in [1.54, 1.807) is 20.8 Å². The zero-order valence-electron chi connectivity index (χ0n) is 9.65. The molecule has 0 aliphatic heterocycles. The second kappa shape index (κ2) is 6.92. The van der Waals surface area contributed by atoms with Crippen LogP contribution in [0.5, 0.6) is 0 Å². The lowest BCUT2D eigenvalue weighted by Crippen LogP contribution is -2.47. The number of amides is 2. The first kappa shape index (κ1) is 13.5. The second-order valence-electron chi connectivity index (χ2n) is 2.64. The van der Waals surface area contributed by atoms with Crippen molar-refractivity contribution >= 4 is 12.2 Å². The third kappa shape index (κ3) is 4.05. The third-order valence-corrected chi connectivity index (χ3v) is 1.67. The Morgan fingerprint density at radius 3 is 1.87 bits per heavy atom. The molecule has 0 saturated carbocycles. The predicted molar refractivity (Wildman–Crippen MR) is 54.2 cm³/mol. The highest BCUT2D eigenvalue weighted by molar-refractivity contribution is 5.73. The fraction of sp³-hybridized carbons (Fsp3) is 0.778. The molecule has 15 heavy (non-hydrogen) atoms. The molecule has 0 rings (SSSR count). The summed E-state index contributed by atoms with van der Waals surface area (Å²) in [6, 6.07) is 0. The van der Waals surface area contributed by atoms with Gasteiger partial charge < -0.3 is 9.47 Å². The van der Waals surface area contributed by atoms with Crippen LogP contribution < -0.4 is 0 Å². The number of carbonyl (C=O) groups excluding carboxylic acids is 2. The summed E-state index contributed by atoms with van der Waals surface area (Å²) in [6.45, 7) is 6.03. The topological polar surface area (TPSA) is 59.1 Å². The number of ether oxygens (including phenoxy) is 2. The lowest BCUT2D eigenvalue weighted by molar-refractivity contribution is -0.00258. The average Bonchev–Trinajstić information content (AvgIpc) is 2.19. The zero-order chi connectivity index (χ0) is 11.8. The van der Waals surface area contributed by atoms with Crippen molar-refractivity contribution in [3.05, 3.63) is 0 Å². The molecular weight excluding hydrogens is 200 g/mol. The van der Waals surface area contributed by atoms with Gasteiger partial charge in [0.05, 0.1) is 13.2 Å². The highest BCUT2D eigenvalue weighted by Gasteiger charge is 2.22. The van der Waals surface area contributed by atoms with E-state index in [2.05, 4.69) is 0 Å². The molecule has 0 aliphatic carbocycles. The number of carbonyl (C=O) groups is 2. The van der Waals surface area contributed by atoms with E-state index >= 15 is 0 Å². The Morgan fingerprint density at radius 2 is 1.47 bits per heavy atom. The Morgan fingerprint density at radius 1 is 1.00 bits per heavy atom.